The number of likely N-dealkylation sites (N-methyl/N-ethyl adjacent to an activating group) is 1. The minimum absolute atomic E-state index is 0.229. The summed E-state index contributed by atoms with van der Waals surface area (Å²) in [5.74, 6) is 0.877. The standard InChI is InChI=1S/C12H24N2O/c1-6-12(5)11(15)14(7-2)10(13-12)8-9(3)4/h9-10,13H,6-8H2,1-5H3. The Labute approximate surface area is 93.2 Å². The van der Waals surface area contributed by atoms with Crippen LogP contribution in [0, 0.1) is 5.92 Å². The Morgan fingerprint density at radius 1 is 1.47 bits per heavy atom. The van der Waals surface area contributed by atoms with Crippen molar-refractivity contribution in [2.45, 2.75) is 59.2 Å². The van der Waals surface area contributed by atoms with E-state index in [0.717, 1.165) is 19.4 Å². The van der Waals surface area contributed by atoms with Gasteiger partial charge in [-0.3, -0.25) is 10.1 Å². The van der Waals surface area contributed by atoms with Crippen LogP contribution in [0.1, 0.15) is 47.5 Å². The molecule has 0 radical (unpaired) electrons. The van der Waals surface area contributed by atoms with E-state index < -0.39 is 0 Å². The predicted octanol–water partition coefficient (Wildman–Crippen LogP) is 1.98. The Kier molecular flexibility index (Phi) is 3.77. The van der Waals surface area contributed by atoms with Gasteiger partial charge in [-0.2, -0.15) is 0 Å². The van der Waals surface area contributed by atoms with Crippen LogP contribution in [0.25, 0.3) is 0 Å². The van der Waals surface area contributed by atoms with Crippen molar-refractivity contribution in [3.63, 3.8) is 0 Å². The summed E-state index contributed by atoms with van der Waals surface area (Å²) in [6, 6.07) is 0. The monoisotopic (exact) mass is 212 g/mol. The third-order valence-electron chi connectivity index (χ3n) is 3.34. The molecule has 0 spiro atoms. The lowest BCUT2D eigenvalue weighted by Gasteiger charge is -2.23. The number of carbonyl (C=O) groups is 1. The summed E-state index contributed by atoms with van der Waals surface area (Å²) in [5.41, 5.74) is -0.338. The number of rotatable bonds is 4. The zero-order chi connectivity index (χ0) is 11.6. The third kappa shape index (κ3) is 2.33. The van der Waals surface area contributed by atoms with Gasteiger partial charge in [-0.15, -0.1) is 0 Å². The number of nitrogens with one attached hydrogen (secondary N) is 1. The molecule has 1 aliphatic heterocycles. The average Bonchev–Trinajstić information content (AvgIpc) is 2.39. The van der Waals surface area contributed by atoms with Crippen LogP contribution in [0.5, 0.6) is 0 Å². The van der Waals surface area contributed by atoms with Gasteiger partial charge in [0.05, 0.1) is 11.7 Å². The fraction of sp³-hybridized carbons (Fsp3) is 0.917. The normalized spacial score (nSPS) is 31.7. The molecule has 0 saturated carbocycles. The summed E-state index contributed by atoms with van der Waals surface area (Å²) in [6.07, 6.45) is 2.12. The van der Waals surface area contributed by atoms with E-state index in [1.807, 2.05) is 18.7 Å². The van der Waals surface area contributed by atoms with E-state index in [0.29, 0.717) is 5.92 Å². The highest BCUT2D eigenvalue weighted by Gasteiger charge is 2.45. The van der Waals surface area contributed by atoms with E-state index >= 15 is 0 Å². The van der Waals surface area contributed by atoms with Crippen LogP contribution in [0.2, 0.25) is 0 Å². The topological polar surface area (TPSA) is 32.3 Å². The van der Waals surface area contributed by atoms with Gasteiger partial charge in [0.1, 0.15) is 0 Å². The predicted molar refractivity (Wildman–Crippen MR) is 62.5 cm³/mol. The van der Waals surface area contributed by atoms with Gasteiger partial charge >= 0.3 is 0 Å². The first-order valence-corrected chi connectivity index (χ1v) is 6.03. The van der Waals surface area contributed by atoms with Crippen molar-refractivity contribution in [1.29, 1.82) is 0 Å². The van der Waals surface area contributed by atoms with Crippen molar-refractivity contribution in [2.75, 3.05) is 6.54 Å². The molecule has 1 amide bonds. The highest BCUT2D eigenvalue weighted by atomic mass is 16.2. The van der Waals surface area contributed by atoms with Crippen LogP contribution >= 0.6 is 0 Å². The summed E-state index contributed by atoms with van der Waals surface area (Å²) < 4.78 is 0. The van der Waals surface area contributed by atoms with Crippen molar-refractivity contribution in [2.24, 2.45) is 5.92 Å². The molecule has 1 N–H and O–H groups in total. The van der Waals surface area contributed by atoms with E-state index in [9.17, 15) is 4.79 Å². The minimum Gasteiger partial charge on any atom is -0.326 e. The van der Waals surface area contributed by atoms with Gasteiger partial charge in [0, 0.05) is 6.54 Å². The second-order valence-corrected chi connectivity index (χ2v) is 5.07. The van der Waals surface area contributed by atoms with Crippen LogP contribution in [-0.2, 0) is 4.79 Å². The molecule has 3 nitrogen and oxygen atoms in total. The number of hydrogen-bond donors (Lipinski definition) is 1. The van der Waals surface area contributed by atoms with Crippen molar-refractivity contribution in [3.05, 3.63) is 0 Å². The van der Waals surface area contributed by atoms with Crippen LogP contribution in [0.4, 0.5) is 0 Å². The SMILES string of the molecule is CCN1C(=O)C(C)(CC)NC1CC(C)C. The number of nitrogens with zero attached hydrogens (tertiary/aromatic N) is 1. The van der Waals surface area contributed by atoms with Gasteiger partial charge < -0.3 is 4.90 Å². The average molecular weight is 212 g/mol. The van der Waals surface area contributed by atoms with E-state index in [1.54, 1.807) is 0 Å². The molecule has 88 valence electrons. The third-order valence-corrected chi connectivity index (χ3v) is 3.34. The molecular weight excluding hydrogens is 188 g/mol. The smallest absolute Gasteiger partial charge is 0.243 e. The Balaban J connectivity index is 2.79. The van der Waals surface area contributed by atoms with Gasteiger partial charge in [0.15, 0.2) is 0 Å². The fourth-order valence-electron chi connectivity index (χ4n) is 2.22. The molecule has 0 bridgehead atoms. The minimum atomic E-state index is -0.338. The highest BCUT2D eigenvalue weighted by molar-refractivity contribution is 5.88. The maximum atomic E-state index is 12.1. The Bertz CT molecular complexity index is 240. The lowest BCUT2D eigenvalue weighted by Crippen LogP contribution is -2.44. The van der Waals surface area contributed by atoms with Crippen molar-refractivity contribution in [1.82, 2.24) is 10.2 Å². The zero-order valence-corrected chi connectivity index (χ0v) is 10.6. The molecule has 2 atom stereocenters. The fourth-order valence-corrected chi connectivity index (χ4v) is 2.22. The summed E-state index contributed by atoms with van der Waals surface area (Å²) in [4.78, 5) is 14.1. The molecule has 15 heavy (non-hydrogen) atoms. The highest BCUT2D eigenvalue weighted by Crippen LogP contribution is 2.26. The van der Waals surface area contributed by atoms with Crippen LogP contribution in [0.15, 0.2) is 0 Å². The van der Waals surface area contributed by atoms with Crippen molar-refractivity contribution in [3.8, 4) is 0 Å². The van der Waals surface area contributed by atoms with E-state index in [2.05, 4.69) is 26.1 Å². The van der Waals surface area contributed by atoms with Crippen molar-refractivity contribution < 1.29 is 4.79 Å². The largest absolute Gasteiger partial charge is 0.326 e. The summed E-state index contributed by atoms with van der Waals surface area (Å²) in [5, 5.41) is 3.48. The molecule has 0 aromatic rings. The molecule has 1 aliphatic rings. The molecule has 0 aromatic carbocycles. The Hall–Kier alpha value is -0.570. The van der Waals surface area contributed by atoms with Gasteiger partial charge in [-0.05, 0) is 32.6 Å². The molecule has 3 heteroatoms. The maximum Gasteiger partial charge on any atom is 0.243 e. The molecule has 0 aliphatic carbocycles. The lowest BCUT2D eigenvalue weighted by atomic mass is 9.99. The van der Waals surface area contributed by atoms with Crippen molar-refractivity contribution >= 4 is 5.91 Å². The molecule has 2 unspecified atom stereocenters. The van der Waals surface area contributed by atoms with Crippen LogP contribution < -0.4 is 5.32 Å². The maximum absolute atomic E-state index is 12.1. The molecule has 1 fully saturated rings. The quantitative estimate of drug-likeness (QED) is 0.773. The number of hydrogen-bond acceptors (Lipinski definition) is 2. The van der Waals surface area contributed by atoms with E-state index in [4.69, 9.17) is 0 Å². The van der Waals surface area contributed by atoms with E-state index in [-0.39, 0.29) is 17.6 Å². The van der Waals surface area contributed by atoms with Crippen LogP contribution in [0.3, 0.4) is 0 Å². The van der Waals surface area contributed by atoms with Gasteiger partial charge in [-0.1, -0.05) is 20.8 Å². The second-order valence-electron chi connectivity index (χ2n) is 5.07. The first-order valence-electron chi connectivity index (χ1n) is 6.03. The van der Waals surface area contributed by atoms with Gasteiger partial charge in [0.2, 0.25) is 5.91 Å². The van der Waals surface area contributed by atoms with Gasteiger partial charge in [0.25, 0.3) is 0 Å². The summed E-state index contributed by atoms with van der Waals surface area (Å²) in [6.45, 7) is 11.3. The van der Waals surface area contributed by atoms with Crippen LogP contribution in [-0.4, -0.2) is 29.1 Å². The number of amides is 1. The summed E-state index contributed by atoms with van der Waals surface area (Å²) >= 11 is 0. The lowest BCUT2D eigenvalue weighted by molar-refractivity contribution is -0.132. The number of carbonyl (C=O) groups excluding carboxylic acids is 1. The first-order chi connectivity index (χ1) is 6.94. The molecule has 0 aromatic heterocycles. The molecular formula is C12H24N2O. The second kappa shape index (κ2) is 4.52. The Morgan fingerprint density at radius 2 is 2.07 bits per heavy atom. The molecule has 1 heterocycles. The Morgan fingerprint density at radius 3 is 2.47 bits per heavy atom. The summed E-state index contributed by atoms with van der Waals surface area (Å²) in [7, 11) is 0. The van der Waals surface area contributed by atoms with Gasteiger partial charge in [-0.25, -0.2) is 0 Å². The molecule has 1 saturated heterocycles. The first kappa shape index (κ1) is 12.5. The zero-order valence-electron chi connectivity index (χ0n) is 10.6. The van der Waals surface area contributed by atoms with E-state index in [1.165, 1.54) is 0 Å². The molecule has 1 rings (SSSR count).